The summed E-state index contributed by atoms with van der Waals surface area (Å²) < 4.78 is 1.75. The number of hydrogen-bond acceptors (Lipinski definition) is 2. The number of carbonyl (C=O) groups excluding carboxylic acids is 1. The Balaban J connectivity index is 0.00000162. The first-order valence-electron chi connectivity index (χ1n) is 5.92. The first kappa shape index (κ1) is 15.3. The fraction of sp³-hybridized carbons (Fsp3) is 0.583. The van der Waals surface area contributed by atoms with Gasteiger partial charge < -0.3 is 15.2 Å². The summed E-state index contributed by atoms with van der Waals surface area (Å²) in [6.45, 7) is 3.09. The van der Waals surface area contributed by atoms with E-state index in [1.807, 2.05) is 7.05 Å². The molecule has 2 N–H and O–H groups in total. The summed E-state index contributed by atoms with van der Waals surface area (Å²) in [6, 6.07) is 2.42. The predicted molar refractivity (Wildman–Crippen MR) is 75.6 cm³/mol. The van der Waals surface area contributed by atoms with Gasteiger partial charge in [-0.25, -0.2) is 0 Å². The van der Waals surface area contributed by atoms with Crippen molar-refractivity contribution in [2.75, 3.05) is 6.54 Å². The van der Waals surface area contributed by atoms with Crippen molar-refractivity contribution in [2.45, 2.75) is 31.8 Å². The molecule has 1 saturated heterocycles. The lowest BCUT2D eigenvalue weighted by molar-refractivity contribution is 0.0917. The van der Waals surface area contributed by atoms with Gasteiger partial charge in [-0.15, -0.1) is 12.4 Å². The van der Waals surface area contributed by atoms with Crippen LogP contribution >= 0.6 is 24.0 Å². The summed E-state index contributed by atoms with van der Waals surface area (Å²) >= 11 is 5.86. The van der Waals surface area contributed by atoms with Crippen LogP contribution in [0.2, 0.25) is 5.02 Å². The van der Waals surface area contributed by atoms with E-state index in [0.717, 1.165) is 19.4 Å². The van der Waals surface area contributed by atoms with E-state index in [-0.39, 0.29) is 24.4 Å². The average molecular weight is 292 g/mol. The van der Waals surface area contributed by atoms with E-state index in [4.69, 9.17) is 11.6 Å². The van der Waals surface area contributed by atoms with Gasteiger partial charge in [0.25, 0.3) is 5.91 Å². The van der Waals surface area contributed by atoms with Gasteiger partial charge in [0, 0.05) is 25.3 Å². The molecule has 0 bridgehead atoms. The van der Waals surface area contributed by atoms with E-state index in [0.29, 0.717) is 16.8 Å². The molecule has 1 amide bonds. The van der Waals surface area contributed by atoms with E-state index >= 15 is 0 Å². The van der Waals surface area contributed by atoms with Crippen LogP contribution in [0.3, 0.4) is 0 Å². The highest BCUT2D eigenvalue weighted by molar-refractivity contribution is 6.31. The maximum absolute atomic E-state index is 12.0. The highest BCUT2D eigenvalue weighted by Gasteiger charge is 2.21. The van der Waals surface area contributed by atoms with Gasteiger partial charge >= 0.3 is 0 Å². The summed E-state index contributed by atoms with van der Waals surface area (Å²) in [6.07, 6.45) is 3.69. The van der Waals surface area contributed by atoms with Gasteiger partial charge in [-0.3, -0.25) is 4.79 Å². The molecule has 2 rings (SSSR count). The first-order valence-corrected chi connectivity index (χ1v) is 6.30. The Bertz CT molecular complexity index is 419. The fourth-order valence-electron chi connectivity index (χ4n) is 2.27. The topological polar surface area (TPSA) is 46.1 Å². The number of nitrogens with one attached hydrogen (secondary N) is 2. The molecular weight excluding hydrogens is 273 g/mol. The number of aromatic nitrogens is 1. The zero-order chi connectivity index (χ0) is 12.4. The monoisotopic (exact) mass is 291 g/mol. The minimum absolute atomic E-state index is 0. The molecule has 102 valence electrons. The summed E-state index contributed by atoms with van der Waals surface area (Å²) in [4.78, 5) is 12.0. The molecule has 2 unspecified atom stereocenters. The van der Waals surface area contributed by atoms with Crippen molar-refractivity contribution in [3.63, 3.8) is 0 Å². The van der Waals surface area contributed by atoms with Crippen molar-refractivity contribution in [2.24, 2.45) is 7.05 Å². The lowest BCUT2D eigenvalue weighted by Gasteiger charge is -2.28. The third kappa shape index (κ3) is 3.64. The Morgan fingerprint density at radius 2 is 2.33 bits per heavy atom. The Morgan fingerprint density at radius 3 is 2.89 bits per heavy atom. The second-order valence-electron chi connectivity index (χ2n) is 4.70. The van der Waals surface area contributed by atoms with E-state index < -0.39 is 0 Å². The van der Waals surface area contributed by atoms with Crippen LogP contribution in [0.15, 0.2) is 12.3 Å². The van der Waals surface area contributed by atoms with Crippen LogP contribution in [-0.4, -0.2) is 29.1 Å². The van der Waals surface area contributed by atoms with Gasteiger partial charge in [-0.05, 0) is 32.4 Å². The van der Waals surface area contributed by atoms with Gasteiger partial charge in [-0.2, -0.15) is 0 Å². The second kappa shape index (κ2) is 6.45. The maximum atomic E-state index is 12.0. The average Bonchev–Trinajstić information content (AvgIpc) is 2.58. The molecule has 0 aromatic carbocycles. The molecule has 1 aliphatic heterocycles. The number of rotatable bonds is 2. The first-order chi connectivity index (χ1) is 8.06. The van der Waals surface area contributed by atoms with Gasteiger partial charge in [0.2, 0.25) is 0 Å². The predicted octanol–water partition coefficient (Wildman–Crippen LogP) is 1.97. The van der Waals surface area contributed by atoms with E-state index in [1.54, 1.807) is 16.8 Å². The Hall–Kier alpha value is -0.710. The highest BCUT2D eigenvalue weighted by Crippen LogP contribution is 2.14. The molecule has 2 heterocycles. The van der Waals surface area contributed by atoms with Gasteiger partial charge in [0.15, 0.2) is 0 Å². The molecule has 1 fully saturated rings. The zero-order valence-corrected chi connectivity index (χ0v) is 12.1. The largest absolute Gasteiger partial charge is 0.348 e. The number of amides is 1. The summed E-state index contributed by atoms with van der Waals surface area (Å²) in [5.41, 5.74) is 0.612. The van der Waals surface area contributed by atoms with Crippen LogP contribution in [0.4, 0.5) is 0 Å². The molecule has 6 heteroatoms. The minimum atomic E-state index is -0.0431. The molecular formula is C12H19Cl2N3O. The number of aryl methyl sites for hydroxylation is 1. The zero-order valence-electron chi connectivity index (χ0n) is 10.6. The molecule has 2 atom stereocenters. The molecule has 0 saturated carbocycles. The van der Waals surface area contributed by atoms with Gasteiger partial charge in [0.05, 0.1) is 5.02 Å². The quantitative estimate of drug-likeness (QED) is 0.875. The van der Waals surface area contributed by atoms with Gasteiger partial charge in [-0.1, -0.05) is 11.6 Å². The minimum Gasteiger partial charge on any atom is -0.348 e. The smallest absolute Gasteiger partial charge is 0.268 e. The lowest BCUT2D eigenvalue weighted by Crippen LogP contribution is -2.46. The van der Waals surface area contributed by atoms with Gasteiger partial charge in [0.1, 0.15) is 5.69 Å². The van der Waals surface area contributed by atoms with Crippen molar-refractivity contribution in [3.05, 3.63) is 23.0 Å². The normalized spacial score (nSPS) is 23.3. The molecule has 4 nitrogen and oxygen atoms in total. The van der Waals surface area contributed by atoms with E-state index in [2.05, 4.69) is 17.6 Å². The molecule has 1 aliphatic rings. The van der Waals surface area contributed by atoms with E-state index in [1.165, 1.54) is 0 Å². The third-order valence-electron chi connectivity index (χ3n) is 3.16. The number of halogens is 2. The number of carbonyl (C=O) groups is 1. The second-order valence-corrected chi connectivity index (χ2v) is 5.14. The molecule has 0 spiro atoms. The standard InChI is InChI=1S/C12H18ClN3O.ClH/c1-8-5-10(3-4-14-8)15-12(17)11-6-9(13)7-16(11)2;/h6-8,10,14H,3-5H2,1-2H3,(H,15,17);1H. The Kier molecular flexibility index (Phi) is 5.50. The summed E-state index contributed by atoms with van der Waals surface area (Å²) in [5, 5.41) is 7.02. The Morgan fingerprint density at radius 1 is 1.61 bits per heavy atom. The summed E-state index contributed by atoms with van der Waals surface area (Å²) in [5.74, 6) is -0.0431. The lowest BCUT2D eigenvalue weighted by atomic mass is 10.0. The molecule has 0 radical (unpaired) electrons. The number of piperidine rings is 1. The summed E-state index contributed by atoms with van der Waals surface area (Å²) in [7, 11) is 1.83. The van der Waals surface area contributed by atoms with Crippen molar-refractivity contribution >= 4 is 29.9 Å². The molecule has 1 aromatic heterocycles. The van der Waals surface area contributed by atoms with Crippen molar-refractivity contribution in [1.29, 1.82) is 0 Å². The maximum Gasteiger partial charge on any atom is 0.268 e. The van der Waals surface area contributed by atoms with Crippen LogP contribution in [0.5, 0.6) is 0 Å². The molecule has 18 heavy (non-hydrogen) atoms. The highest BCUT2D eigenvalue weighted by atomic mass is 35.5. The molecule has 1 aromatic rings. The fourth-order valence-corrected chi connectivity index (χ4v) is 2.52. The van der Waals surface area contributed by atoms with Crippen LogP contribution in [0.25, 0.3) is 0 Å². The third-order valence-corrected chi connectivity index (χ3v) is 3.37. The van der Waals surface area contributed by atoms with Crippen molar-refractivity contribution in [3.8, 4) is 0 Å². The van der Waals surface area contributed by atoms with Crippen LogP contribution < -0.4 is 10.6 Å². The number of nitrogens with zero attached hydrogens (tertiary/aromatic N) is 1. The van der Waals surface area contributed by atoms with Crippen LogP contribution in [0.1, 0.15) is 30.3 Å². The number of hydrogen-bond donors (Lipinski definition) is 2. The van der Waals surface area contributed by atoms with Crippen LogP contribution in [0, 0.1) is 0 Å². The van der Waals surface area contributed by atoms with E-state index in [9.17, 15) is 4.79 Å². The van der Waals surface area contributed by atoms with Crippen LogP contribution in [-0.2, 0) is 7.05 Å². The Labute approximate surface area is 118 Å². The van der Waals surface area contributed by atoms with Crippen molar-refractivity contribution < 1.29 is 4.79 Å². The SMILES string of the molecule is CC1CC(NC(=O)c2cc(Cl)cn2C)CCN1.Cl. The van der Waals surface area contributed by atoms with Crippen molar-refractivity contribution in [1.82, 2.24) is 15.2 Å². The molecule has 0 aliphatic carbocycles.